The number of carbonyl (C=O) groups is 2. The van der Waals surface area contributed by atoms with Gasteiger partial charge in [0.15, 0.2) is 11.5 Å². The lowest BCUT2D eigenvalue weighted by Crippen LogP contribution is -2.28. The number of rotatable bonds is 5. The third-order valence-electron chi connectivity index (χ3n) is 4.07. The molecule has 0 spiro atoms. The lowest BCUT2D eigenvalue weighted by atomic mass is 10.0. The van der Waals surface area contributed by atoms with Crippen LogP contribution in [0.15, 0.2) is 42.5 Å². The second-order valence-corrected chi connectivity index (χ2v) is 5.72. The van der Waals surface area contributed by atoms with Crippen LogP contribution in [0, 0.1) is 0 Å². The van der Waals surface area contributed by atoms with Gasteiger partial charge in [0.2, 0.25) is 6.79 Å². The summed E-state index contributed by atoms with van der Waals surface area (Å²) in [4.78, 5) is 24.2. The van der Waals surface area contributed by atoms with E-state index in [1.807, 2.05) is 25.1 Å². The quantitative estimate of drug-likeness (QED) is 0.846. The Morgan fingerprint density at radius 3 is 2.72 bits per heavy atom. The summed E-state index contributed by atoms with van der Waals surface area (Å²) in [6.07, 6.45) is 0.0541. The molecule has 0 aliphatic carbocycles. The highest BCUT2D eigenvalue weighted by atomic mass is 16.7. The van der Waals surface area contributed by atoms with E-state index in [-0.39, 0.29) is 31.1 Å². The van der Waals surface area contributed by atoms with Crippen molar-refractivity contribution >= 4 is 11.9 Å². The molecule has 1 amide bonds. The van der Waals surface area contributed by atoms with Gasteiger partial charge in [-0.05, 0) is 36.2 Å². The van der Waals surface area contributed by atoms with E-state index in [1.165, 1.54) is 7.11 Å². The molecule has 1 heterocycles. The summed E-state index contributed by atoms with van der Waals surface area (Å²) >= 11 is 0. The van der Waals surface area contributed by atoms with Crippen LogP contribution in [-0.2, 0) is 16.0 Å². The molecule has 2 aromatic rings. The molecule has 1 N–H and O–H groups in total. The molecule has 3 rings (SSSR count). The van der Waals surface area contributed by atoms with Gasteiger partial charge in [0.1, 0.15) is 0 Å². The minimum absolute atomic E-state index is 0.0541. The predicted molar refractivity (Wildman–Crippen MR) is 90.6 cm³/mol. The van der Waals surface area contributed by atoms with Gasteiger partial charge in [-0.15, -0.1) is 0 Å². The van der Waals surface area contributed by atoms with E-state index in [0.29, 0.717) is 22.6 Å². The van der Waals surface area contributed by atoms with E-state index in [4.69, 9.17) is 9.47 Å². The Hall–Kier alpha value is -3.02. The zero-order valence-corrected chi connectivity index (χ0v) is 14.1. The second kappa shape index (κ2) is 7.25. The van der Waals surface area contributed by atoms with Gasteiger partial charge in [-0.25, -0.2) is 0 Å². The van der Waals surface area contributed by atoms with Gasteiger partial charge in [-0.1, -0.05) is 24.3 Å². The fourth-order valence-electron chi connectivity index (χ4n) is 2.66. The molecule has 0 unspecified atom stereocenters. The first-order valence-corrected chi connectivity index (χ1v) is 7.93. The third-order valence-corrected chi connectivity index (χ3v) is 4.07. The monoisotopic (exact) mass is 341 g/mol. The van der Waals surface area contributed by atoms with E-state index >= 15 is 0 Å². The van der Waals surface area contributed by atoms with Gasteiger partial charge in [0.05, 0.1) is 19.6 Å². The minimum atomic E-state index is -0.385. The normalized spacial score (nSPS) is 13.2. The summed E-state index contributed by atoms with van der Waals surface area (Å²) in [7, 11) is 1.33. The standard InChI is InChI=1S/C19H19NO5/c1-12(13-7-8-16-17(9-13)25-11-24-16)20-19(22)15-6-4-3-5-14(15)10-18(21)23-2/h3-9,12H,10-11H2,1-2H3,(H,20,22)/t12-/m1/s1. The van der Waals surface area contributed by atoms with Crippen LogP contribution in [0.5, 0.6) is 11.5 Å². The molecule has 2 aromatic carbocycles. The smallest absolute Gasteiger partial charge is 0.310 e. The van der Waals surface area contributed by atoms with Crippen LogP contribution in [0.25, 0.3) is 0 Å². The van der Waals surface area contributed by atoms with Crippen LogP contribution in [0.1, 0.15) is 34.5 Å². The first-order chi connectivity index (χ1) is 12.1. The van der Waals surface area contributed by atoms with Crippen LogP contribution in [0.4, 0.5) is 0 Å². The number of hydrogen-bond acceptors (Lipinski definition) is 5. The highest BCUT2D eigenvalue weighted by Crippen LogP contribution is 2.34. The van der Waals surface area contributed by atoms with Crippen molar-refractivity contribution in [3.05, 3.63) is 59.2 Å². The molecule has 0 bridgehead atoms. The van der Waals surface area contributed by atoms with Gasteiger partial charge in [-0.3, -0.25) is 9.59 Å². The third kappa shape index (κ3) is 3.74. The number of methoxy groups -OCH3 is 1. The number of carbonyl (C=O) groups excluding carboxylic acids is 2. The average Bonchev–Trinajstić information content (AvgIpc) is 3.09. The largest absolute Gasteiger partial charge is 0.469 e. The molecule has 0 fully saturated rings. The van der Waals surface area contributed by atoms with Crippen molar-refractivity contribution in [3.63, 3.8) is 0 Å². The maximum atomic E-state index is 12.6. The van der Waals surface area contributed by atoms with Crippen LogP contribution >= 0.6 is 0 Å². The molecule has 1 aliphatic rings. The number of esters is 1. The number of ether oxygens (including phenoxy) is 3. The summed E-state index contributed by atoms with van der Waals surface area (Å²) in [5.41, 5.74) is 1.99. The lowest BCUT2D eigenvalue weighted by molar-refractivity contribution is -0.139. The van der Waals surface area contributed by atoms with Gasteiger partial charge in [0.25, 0.3) is 5.91 Å². The van der Waals surface area contributed by atoms with Crippen molar-refractivity contribution in [2.75, 3.05) is 13.9 Å². The van der Waals surface area contributed by atoms with Crippen molar-refractivity contribution in [3.8, 4) is 11.5 Å². The van der Waals surface area contributed by atoms with Gasteiger partial charge in [-0.2, -0.15) is 0 Å². The summed E-state index contributed by atoms with van der Waals surface area (Å²) in [6, 6.07) is 12.3. The zero-order chi connectivity index (χ0) is 17.8. The van der Waals surface area contributed by atoms with E-state index in [9.17, 15) is 9.59 Å². The Morgan fingerprint density at radius 2 is 1.92 bits per heavy atom. The Morgan fingerprint density at radius 1 is 1.16 bits per heavy atom. The molecule has 6 nitrogen and oxygen atoms in total. The molecule has 0 saturated heterocycles. The number of nitrogens with one attached hydrogen (secondary N) is 1. The topological polar surface area (TPSA) is 73.9 Å². The summed E-state index contributed by atoms with van der Waals surface area (Å²) in [6.45, 7) is 2.10. The van der Waals surface area contributed by atoms with Crippen molar-refractivity contribution in [2.24, 2.45) is 0 Å². The SMILES string of the molecule is COC(=O)Cc1ccccc1C(=O)N[C@H](C)c1ccc2c(c1)OCO2. The molecular formula is C19H19NO5. The molecule has 25 heavy (non-hydrogen) atoms. The molecule has 6 heteroatoms. The lowest BCUT2D eigenvalue weighted by Gasteiger charge is -2.16. The van der Waals surface area contributed by atoms with Crippen molar-refractivity contribution in [1.82, 2.24) is 5.32 Å². The van der Waals surface area contributed by atoms with Gasteiger partial charge < -0.3 is 19.5 Å². The Bertz CT molecular complexity index is 802. The molecule has 1 atom stereocenters. The second-order valence-electron chi connectivity index (χ2n) is 5.72. The van der Waals surface area contributed by atoms with Crippen LogP contribution in [-0.4, -0.2) is 25.8 Å². The highest BCUT2D eigenvalue weighted by molar-refractivity contribution is 5.97. The number of benzene rings is 2. The van der Waals surface area contributed by atoms with Crippen LogP contribution < -0.4 is 14.8 Å². The van der Waals surface area contributed by atoms with E-state index in [1.54, 1.807) is 24.3 Å². The number of amides is 1. The molecule has 1 aliphatic heterocycles. The fraction of sp³-hybridized carbons (Fsp3) is 0.263. The van der Waals surface area contributed by atoms with Crippen molar-refractivity contribution in [2.45, 2.75) is 19.4 Å². The van der Waals surface area contributed by atoms with E-state index in [2.05, 4.69) is 10.1 Å². The van der Waals surface area contributed by atoms with Crippen LogP contribution in [0.2, 0.25) is 0 Å². The Kier molecular flexibility index (Phi) is 4.88. The van der Waals surface area contributed by atoms with Gasteiger partial charge >= 0.3 is 5.97 Å². The molecule has 0 radical (unpaired) electrons. The molecular weight excluding hydrogens is 322 g/mol. The summed E-state index contributed by atoms with van der Waals surface area (Å²) < 4.78 is 15.3. The van der Waals surface area contributed by atoms with E-state index in [0.717, 1.165) is 5.56 Å². The Labute approximate surface area is 145 Å². The highest BCUT2D eigenvalue weighted by Gasteiger charge is 2.19. The minimum Gasteiger partial charge on any atom is -0.469 e. The van der Waals surface area contributed by atoms with Crippen molar-refractivity contribution < 1.29 is 23.8 Å². The fourth-order valence-corrected chi connectivity index (χ4v) is 2.66. The van der Waals surface area contributed by atoms with Crippen molar-refractivity contribution in [1.29, 1.82) is 0 Å². The Balaban J connectivity index is 1.75. The maximum absolute atomic E-state index is 12.6. The van der Waals surface area contributed by atoms with Gasteiger partial charge in [0, 0.05) is 5.56 Å². The summed E-state index contributed by atoms with van der Waals surface area (Å²) in [5, 5.41) is 2.95. The zero-order valence-electron chi connectivity index (χ0n) is 14.1. The molecule has 0 saturated carbocycles. The number of fused-ring (bicyclic) bond motifs is 1. The average molecular weight is 341 g/mol. The first-order valence-electron chi connectivity index (χ1n) is 7.93. The van der Waals surface area contributed by atoms with E-state index < -0.39 is 0 Å². The summed E-state index contributed by atoms with van der Waals surface area (Å²) in [5.74, 6) is 0.740. The maximum Gasteiger partial charge on any atom is 0.310 e. The first kappa shape index (κ1) is 16.8. The van der Waals surface area contributed by atoms with Crippen LogP contribution in [0.3, 0.4) is 0 Å². The molecule has 0 aromatic heterocycles. The number of hydrogen-bond donors (Lipinski definition) is 1. The predicted octanol–water partition coefficient (Wildman–Crippen LogP) is 2.62. The molecule has 130 valence electrons.